The van der Waals surface area contributed by atoms with Crippen molar-refractivity contribution in [3.63, 3.8) is 0 Å². The Morgan fingerprint density at radius 3 is 2.31 bits per heavy atom. The molecular weight excluding hydrogens is 262 g/mol. The molecule has 0 saturated carbocycles. The molecule has 0 fully saturated rings. The summed E-state index contributed by atoms with van der Waals surface area (Å²) in [7, 11) is 0. The molecule has 0 aliphatic rings. The number of alkyl halides is 1. The summed E-state index contributed by atoms with van der Waals surface area (Å²) in [6.45, 7) is 10.1. The molecule has 16 heavy (non-hydrogen) atoms. The van der Waals surface area contributed by atoms with Gasteiger partial charge in [0, 0.05) is 18.4 Å². The summed E-state index contributed by atoms with van der Waals surface area (Å²) < 4.78 is 0. The van der Waals surface area contributed by atoms with Crippen LogP contribution in [0.5, 0.6) is 0 Å². The first kappa shape index (κ1) is 13.7. The van der Waals surface area contributed by atoms with E-state index >= 15 is 0 Å². The zero-order valence-electron chi connectivity index (χ0n) is 10.5. The molecule has 0 aliphatic heterocycles. The highest BCUT2D eigenvalue weighted by molar-refractivity contribution is 9.09. The molecule has 0 atom stereocenters. The largest absolute Gasteiger partial charge is 0.299 e. The van der Waals surface area contributed by atoms with Gasteiger partial charge in [0.2, 0.25) is 0 Å². The third-order valence-corrected chi connectivity index (χ3v) is 4.23. The maximum Gasteiger partial charge on any atom is 0.0233 e. The second-order valence-electron chi connectivity index (χ2n) is 5.09. The van der Waals surface area contributed by atoms with Gasteiger partial charge < -0.3 is 0 Å². The molecule has 90 valence electrons. The van der Waals surface area contributed by atoms with E-state index in [0.717, 1.165) is 25.0 Å². The molecule has 0 N–H and O–H groups in total. The van der Waals surface area contributed by atoms with Crippen molar-refractivity contribution in [2.45, 2.75) is 27.3 Å². The molecular formula is C14H22BrN. The second kappa shape index (κ2) is 6.41. The predicted octanol–water partition coefficient (Wildman–Crippen LogP) is 3.93. The molecule has 0 unspecified atom stereocenters. The van der Waals surface area contributed by atoms with E-state index in [2.05, 4.69) is 71.9 Å². The predicted molar refractivity (Wildman–Crippen MR) is 75.0 cm³/mol. The summed E-state index contributed by atoms with van der Waals surface area (Å²) >= 11 is 3.59. The SMILES string of the molecule is CCN(Cc1ccccc1)CC(C)(C)CBr. The van der Waals surface area contributed by atoms with Gasteiger partial charge >= 0.3 is 0 Å². The van der Waals surface area contributed by atoms with E-state index in [1.54, 1.807) is 0 Å². The lowest BCUT2D eigenvalue weighted by atomic mass is 9.95. The van der Waals surface area contributed by atoms with Gasteiger partial charge in [-0.05, 0) is 17.5 Å². The van der Waals surface area contributed by atoms with Gasteiger partial charge in [0.15, 0.2) is 0 Å². The van der Waals surface area contributed by atoms with Crippen molar-refractivity contribution >= 4 is 15.9 Å². The van der Waals surface area contributed by atoms with Gasteiger partial charge in [0.25, 0.3) is 0 Å². The van der Waals surface area contributed by atoms with Gasteiger partial charge in [0.1, 0.15) is 0 Å². The van der Waals surface area contributed by atoms with Crippen LogP contribution in [0, 0.1) is 5.41 Å². The van der Waals surface area contributed by atoms with Crippen LogP contribution in [0.15, 0.2) is 30.3 Å². The average molecular weight is 284 g/mol. The number of rotatable bonds is 6. The van der Waals surface area contributed by atoms with Crippen LogP contribution >= 0.6 is 15.9 Å². The fourth-order valence-corrected chi connectivity index (χ4v) is 1.95. The van der Waals surface area contributed by atoms with Gasteiger partial charge in [-0.2, -0.15) is 0 Å². The smallest absolute Gasteiger partial charge is 0.0233 e. The Morgan fingerprint density at radius 2 is 1.81 bits per heavy atom. The molecule has 0 radical (unpaired) electrons. The van der Waals surface area contributed by atoms with Crippen LogP contribution in [0.4, 0.5) is 0 Å². The van der Waals surface area contributed by atoms with Crippen molar-refractivity contribution in [1.82, 2.24) is 4.90 Å². The van der Waals surface area contributed by atoms with E-state index in [1.165, 1.54) is 5.56 Å². The lowest BCUT2D eigenvalue weighted by Crippen LogP contribution is -2.34. The number of hydrogen-bond donors (Lipinski definition) is 0. The first-order chi connectivity index (χ1) is 7.57. The minimum atomic E-state index is 0.338. The average Bonchev–Trinajstić information content (AvgIpc) is 2.29. The van der Waals surface area contributed by atoms with Crippen molar-refractivity contribution < 1.29 is 0 Å². The Morgan fingerprint density at radius 1 is 1.19 bits per heavy atom. The monoisotopic (exact) mass is 283 g/mol. The van der Waals surface area contributed by atoms with E-state index < -0.39 is 0 Å². The van der Waals surface area contributed by atoms with Gasteiger partial charge in [-0.3, -0.25) is 4.90 Å². The molecule has 0 aliphatic carbocycles. The quantitative estimate of drug-likeness (QED) is 0.715. The summed E-state index contributed by atoms with van der Waals surface area (Å²) in [5, 5.41) is 1.05. The van der Waals surface area contributed by atoms with Crippen LogP contribution in [0.25, 0.3) is 0 Å². The van der Waals surface area contributed by atoms with Crippen LogP contribution in [-0.2, 0) is 6.54 Å². The van der Waals surface area contributed by atoms with E-state index in [1.807, 2.05) is 0 Å². The molecule has 0 spiro atoms. The molecule has 0 heterocycles. The molecule has 0 amide bonds. The Bertz CT molecular complexity index is 295. The molecule has 1 rings (SSSR count). The Kier molecular flexibility index (Phi) is 5.50. The molecule has 0 aromatic heterocycles. The van der Waals surface area contributed by atoms with Crippen molar-refractivity contribution in [3.8, 4) is 0 Å². The van der Waals surface area contributed by atoms with E-state index in [4.69, 9.17) is 0 Å². The summed E-state index contributed by atoms with van der Waals surface area (Å²) in [5.74, 6) is 0. The van der Waals surface area contributed by atoms with Crippen molar-refractivity contribution in [1.29, 1.82) is 0 Å². The number of halogens is 1. The van der Waals surface area contributed by atoms with Crippen LogP contribution in [0.3, 0.4) is 0 Å². The highest BCUT2D eigenvalue weighted by atomic mass is 79.9. The fraction of sp³-hybridized carbons (Fsp3) is 0.571. The van der Waals surface area contributed by atoms with E-state index in [-0.39, 0.29) is 0 Å². The summed E-state index contributed by atoms with van der Waals surface area (Å²) in [6, 6.07) is 10.7. The topological polar surface area (TPSA) is 3.24 Å². The molecule has 1 aromatic rings. The second-order valence-corrected chi connectivity index (χ2v) is 5.65. The highest BCUT2D eigenvalue weighted by Crippen LogP contribution is 2.20. The van der Waals surface area contributed by atoms with Gasteiger partial charge in [-0.1, -0.05) is 67.0 Å². The fourth-order valence-electron chi connectivity index (χ4n) is 1.77. The van der Waals surface area contributed by atoms with E-state index in [0.29, 0.717) is 5.41 Å². The Hall–Kier alpha value is -0.340. The number of benzene rings is 1. The van der Waals surface area contributed by atoms with Crippen LogP contribution in [0.1, 0.15) is 26.3 Å². The minimum Gasteiger partial charge on any atom is -0.299 e. The number of hydrogen-bond acceptors (Lipinski definition) is 1. The minimum absolute atomic E-state index is 0.338. The zero-order valence-corrected chi connectivity index (χ0v) is 12.1. The normalized spacial score (nSPS) is 12.1. The molecule has 0 bridgehead atoms. The standard InChI is InChI=1S/C14H22BrN/c1-4-16(12-14(2,3)11-15)10-13-8-6-5-7-9-13/h5-9H,4,10-12H2,1-3H3. The first-order valence-electron chi connectivity index (χ1n) is 5.89. The summed E-state index contributed by atoms with van der Waals surface area (Å²) in [6.07, 6.45) is 0. The van der Waals surface area contributed by atoms with Crippen LogP contribution in [0.2, 0.25) is 0 Å². The third-order valence-electron chi connectivity index (χ3n) is 2.71. The van der Waals surface area contributed by atoms with Crippen LogP contribution < -0.4 is 0 Å². The Labute approximate surface area is 108 Å². The summed E-state index contributed by atoms with van der Waals surface area (Å²) in [5.41, 5.74) is 1.74. The van der Waals surface area contributed by atoms with Crippen molar-refractivity contribution in [3.05, 3.63) is 35.9 Å². The number of nitrogens with zero attached hydrogens (tertiary/aromatic N) is 1. The maximum absolute atomic E-state index is 3.59. The zero-order chi connectivity index (χ0) is 12.0. The third kappa shape index (κ3) is 4.67. The van der Waals surface area contributed by atoms with Gasteiger partial charge in [0.05, 0.1) is 0 Å². The van der Waals surface area contributed by atoms with Gasteiger partial charge in [-0.15, -0.1) is 0 Å². The molecule has 0 saturated heterocycles. The Balaban J connectivity index is 2.56. The maximum atomic E-state index is 3.59. The summed E-state index contributed by atoms with van der Waals surface area (Å²) in [4.78, 5) is 2.50. The van der Waals surface area contributed by atoms with Crippen LogP contribution in [-0.4, -0.2) is 23.3 Å². The van der Waals surface area contributed by atoms with Gasteiger partial charge in [-0.25, -0.2) is 0 Å². The lowest BCUT2D eigenvalue weighted by Gasteiger charge is -2.30. The molecule has 2 heteroatoms. The lowest BCUT2D eigenvalue weighted by molar-refractivity contribution is 0.196. The highest BCUT2D eigenvalue weighted by Gasteiger charge is 2.19. The van der Waals surface area contributed by atoms with Crippen molar-refractivity contribution in [2.75, 3.05) is 18.4 Å². The first-order valence-corrected chi connectivity index (χ1v) is 7.02. The van der Waals surface area contributed by atoms with E-state index in [9.17, 15) is 0 Å². The van der Waals surface area contributed by atoms with Crippen molar-refractivity contribution in [2.24, 2.45) is 5.41 Å². The molecule has 1 aromatic carbocycles. The molecule has 1 nitrogen and oxygen atoms in total.